The molecule has 2 heterocycles. The van der Waals surface area contributed by atoms with Crippen molar-refractivity contribution in [2.75, 3.05) is 27.2 Å². The smallest absolute Gasteiger partial charge is 0.343 e. The lowest BCUT2D eigenvalue weighted by Gasteiger charge is -2.34. The highest BCUT2D eigenvalue weighted by Gasteiger charge is 2.32. The first-order valence-corrected chi connectivity index (χ1v) is 17.1. The molecule has 3 aromatic carbocycles. The van der Waals surface area contributed by atoms with Crippen LogP contribution in [-0.4, -0.2) is 69.7 Å². The number of carbonyl (C=O) groups excluding carboxylic acids is 2. The summed E-state index contributed by atoms with van der Waals surface area (Å²) < 4.78 is 39.5. The summed E-state index contributed by atoms with van der Waals surface area (Å²) in [6.07, 6.45) is 1.99. The fraction of sp³-hybridized carbons (Fsp3) is 0.220. The quantitative estimate of drug-likeness (QED) is 0.0856. The minimum Gasteiger partial charge on any atom is -0.343 e. The molecular formula is C41H39ClF3N5O2. The van der Waals surface area contributed by atoms with Crippen molar-refractivity contribution in [3.8, 4) is 11.3 Å². The first kappa shape index (κ1) is 37.9. The van der Waals surface area contributed by atoms with Gasteiger partial charge >= 0.3 is 6.18 Å². The van der Waals surface area contributed by atoms with E-state index in [0.717, 1.165) is 40.1 Å². The Hall–Kier alpha value is -5.32. The SMILES string of the molecule is CN(CCN(C)C(=O)[C@H](Cc1ccccc1)N(Cc1ccc(-c2ccccn2)cc1)C(=O)/C=C/c1ccc(C(F)(F)F)cc1)Cc1ccc(Cl)nc1. The predicted molar refractivity (Wildman–Crippen MR) is 198 cm³/mol. The van der Waals surface area contributed by atoms with E-state index in [1.54, 1.807) is 30.4 Å². The van der Waals surface area contributed by atoms with Crippen LogP contribution in [0.4, 0.5) is 13.2 Å². The number of hydrogen-bond acceptors (Lipinski definition) is 5. The summed E-state index contributed by atoms with van der Waals surface area (Å²) in [5.41, 5.74) is 3.99. The standard InChI is InChI=1S/C41H39ClF3N5O2/c1-48(28-33-15-21-38(42)47-27-33)24-25-49(2)40(52)37(26-31-8-4-3-5-9-31)50(29-32-11-17-34(18-12-32)36-10-6-7-23-46-36)39(51)22-16-30-13-19-35(20-14-30)41(43,44)45/h3-23,27,37H,24-26,28-29H2,1-2H3/b22-16+/t37-/m0/s1. The van der Waals surface area contributed by atoms with Crippen molar-refractivity contribution >= 4 is 29.5 Å². The van der Waals surface area contributed by atoms with E-state index in [4.69, 9.17) is 11.6 Å². The zero-order valence-corrected chi connectivity index (χ0v) is 29.6. The second-order valence-corrected chi connectivity index (χ2v) is 12.9. The molecule has 0 N–H and O–H groups in total. The summed E-state index contributed by atoms with van der Waals surface area (Å²) in [6, 6.07) is 30.1. The summed E-state index contributed by atoms with van der Waals surface area (Å²) >= 11 is 5.94. The number of likely N-dealkylation sites (N-methyl/N-ethyl adjacent to an activating group) is 2. The first-order valence-electron chi connectivity index (χ1n) is 16.7. The molecule has 1 atom stereocenters. The minimum absolute atomic E-state index is 0.110. The third-order valence-electron chi connectivity index (χ3n) is 8.57. The number of aromatic nitrogens is 2. The summed E-state index contributed by atoms with van der Waals surface area (Å²) in [4.78, 5) is 42.3. The summed E-state index contributed by atoms with van der Waals surface area (Å²) in [6.45, 7) is 1.66. The molecular weight excluding hydrogens is 687 g/mol. The highest BCUT2D eigenvalue weighted by molar-refractivity contribution is 6.29. The van der Waals surface area contributed by atoms with E-state index in [9.17, 15) is 22.8 Å². The molecule has 0 aliphatic rings. The van der Waals surface area contributed by atoms with Crippen LogP contribution in [0.25, 0.3) is 17.3 Å². The van der Waals surface area contributed by atoms with Crippen molar-refractivity contribution in [1.82, 2.24) is 24.7 Å². The first-order chi connectivity index (χ1) is 25.0. The fourth-order valence-electron chi connectivity index (χ4n) is 5.64. The Bertz CT molecular complexity index is 1920. The van der Waals surface area contributed by atoms with Gasteiger partial charge in [-0.25, -0.2) is 4.98 Å². The second kappa shape index (κ2) is 17.7. The molecule has 0 aliphatic carbocycles. The fourth-order valence-corrected chi connectivity index (χ4v) is 5.76. The molecule has 0 radical (unpaired) electrons. The topological polar surface area (TPSA) is 69.6 Å². The van der Waals surface area contributed by atoms with Gasteiger partial charge in [-0.15, -0.1) is 0 Å². The number of carbonyl (C=O) groups is 2. The lowest BCUT2D eigenvalue weighted by molar-refractivity contribution is -0.143. The lowest BCUT2D eigenvalue weighted by Crippen LogP contribution is -2.51. The third-order valence-corrected chi connectivity index (χ3v) is 8.80. The van der Waals surface area contributed by atoms with Crippen LogP contribution in [0.1, 0.15) is 27.8 Å². The van der Waals surface area contributed by atoms with E-state index < -0.39 is 23.7 Å². The van der Waals surface area contributed by atoms with Gasteiger partial charge in [0.1, 0.15) is 11.2 Å². The predicted octanol–water partition coefficient (Wildman–Crippen LogP) is 8.06. The van der Waals surface area contributed by atoms with E-state index in [0.29, 0.717) is 30.4 Å². The Morgan fingerprint density at radius 3 is 2.10 bits per heavy atom. The molecule has 2 aromatic heterocycles. The van der Waals surface area contributed by atoms with Gasteiger partial charge in [-0.05, 0) is 65.7 Å². The molecule has 0 fully saturated rings. The van der Waals surface area contributed by atoms with Crippen molar-refractivity contribution in [2.24, 2.45) is 0 Å². The monoisotopic (exact) mass is 725 g/mol. The molecule has 5 rings (SSSR count). The van der Waals surface area contributed by atoms with Gasteiger partial charge in [0.05, 0.1) is 11.3 Å². The van der Waals surface area contributed by atoms with Crippen LogP contribution in [0.3, 0.4) is 0 Å². The molecule has 0 spiro atoms. The van der Waals surface area contributed by atoms with Gasteiger partial charge in [-0.2, -0.15) is 13.2 Å². The van der Waals surface area contributed by atoms with Crippen molar-refractivity contribution < 1.29 is 22.8 Å². The minimum atomic E-state index is -4.47. The number of benzene rings is 3. The average Bonchev–Trinajstić information content (AvgIpc) is 3.15. The van der Waals surface area contributed by atoms with Crippen LogP contribution >= 0.6 is 11.6 Å². The zero-order valence-electron chi connectivity index (χ0n) is 28.9. The van der Waals surface area contributed by atoms with Crippen molar-refractivity contribution in [1.29, 1.82) is 0 Å². The molecule has 7 nitrogen and oxygen atoms in total. The molecule has 268 valence electrons. The van der Waals surface area contributed by atoms with E-state index in [-0.39, 0.29) is 18.9 Å². The van der Waals surface area contributed by atoms with Crippen molar-refractivity contribution in [2.45, 2.75) is 31.7 Å². The van der Waals surface area contributed by atoms with Gasteiger partial charge in [0.2, 0.25) is 11.8 Å². The third kappa shape index (κ3) is 10.8. The van der Waals surface area contributed by atoms with Gasteiger partial charge in [0.15, 0.2) is 0 Å². The van der Waals surface area contributed by atoms with E-state index in [1.807, 2.05) is 85.9 Å². The molecule has 2 amide bonds. The number of pyridine rings is 2. The number of hydrogen-bond donors (Lipinski definition) is 0. The van der Waals surface area contributed by atoms with E-state index in [1.165, 1.54) is 29.2 Å². The van der Waals surface area contributed by atoms with Gasteiger partial charge in [0, 0.05) is 63.7 Å². The van der Waals surface area contributed by atoms with E-state index in [2.05, 4.69) is 14.9 Å². The highest BCUT2D eigenvalue weighted by Crippen LogP contribution is 2.29. The maximum Gasteiger partial charge on any atom is 0.416 e. The Labute approximate surface area is 307 Å². The molecule has 0 saturated heterocycles. The Balaban J connectivity index is 1.42. The van der Waals surface area contributed by atoms with Crippen LogP contribution in [-0.2, 0) is 35.3 Å². The van der Waals surface area contributed by atoms with E-state index >= 15 is 0 Å². The Kier molecular flexibility index (Phi) is 12.9. The Morgan fingerprint density at radius 1 is 0.769 bits per heavy atom. The maximum absolute atomic E-state index is 14.4. The largest absolute Gasteiger partial charge is 0.416 e. The van der Waals surface area contributed by atoms with Crippen LogP contribution in [0.2, 0.25) is 5.15 Å². The molecule has 0 bridgehead atoms. The summed E-state index contributed by atoms with van der Waals surface area (Å²) in [5, 5.41) is 0.415. The normalized spacial score (nSPS) is 12.2. The summed E-state index contributed by atoms with van der Waals surface area (Å²) in [5.74, 6) is -0.699. The zero-order chi connectivity index (χ0) is 37.1. The van der Waals surface area contributed by atoms with Gasteiger partial charge in [-0.3, -0.25) is 14.6 Å². The average molecular weight is 726 g/mol. The van der Waals surface area contributed by atoms with Crippen LogP contribution < -0.4 is 0 Å². The van der Waals surface area contributed by atoms with Crippen molar-refractivity contribution in [3.05, 3.63) is 161 Å². The molecule has 52 heavy (non-hydrogen) atoms. The highest BCUT2D eigenvalue weighted by atomic mass is 35.5. The molecule has 11 heteroatoms. The lowest BCUT2D eigenvalue weighted by atomic mass is 10.0. The maximum atomic E-state index is 14.4. The number of rotatable bonds is 14. The van der Waals surface area contributed by atoms with Crippen LogP contribution in [0.15, 0.2) is 128 Å². The van der Waals surface area contributed by atoms with Crippen molar-refractivity contribution in [3.63, 3.8) is 0 Å². The van der Waals surface area contributed by atoms with Crippen LogP contribution in [0, 0.1) is 0 Å². The Morgan fingerprint density at radius 2 is 1.46 bits per heavy atom. The number of alkyl halides is 3. The van der Waals surface area contributed by atoms with Gasteiger partial charge in [-0.1, -0.05) is 90.5 Å². The molecule has 0 saturated carbocycles. The van der Waals surface area contributed by atoms with Gasteiger partial charge < -0.3 is 14.7 Å². The number of halogens is 4. The van der Waals surface area contributed by atoms with Crippen LogP contribution in [0.5, 0.6) is 0 Å². The molecule has 0 unspecified atom stereocenters. The number of nitrogens with zero attached hydrogens (tertiary/aromatic N) is 5. The van der Waals surface area contributed by atoms with Gasteiger partial charge in [0.25, 0.3) is 0 Å². The number of amides is 2. The summed E-state index contributed by atoms with van der Waals surface area (Å²) in [7, 11) is 3.67. The second-order valence-electron chi connectivity index (χ2n) is 12.5. The molecule has 0 aliphatic heterocycles. The molecule has 5 aromatic rings.